The Labute approximate surface area is 269 Å². The number of aromatic nitrogens is 2. The van der Waals surface area contributed by atoms with E-state index in [-0.39, 0.29) is 43.9 Å². The normalized spacial score (nSPS) is 23.1. The van der Waals surface area contributed by atoms with E-state index in [0.29, 0.717) is 47.4 Å². The van der Waals surface area contributed by atoms with Crippen LogP contribution in [-0.2, 0) is 49.0 Å². The molecule has 1 fully saturated rings. The van der Waals surface area contributed by atoms with Crippen LogP contribution in [0.25, 0.3) is 22.3 Å². The Kier molecular flexibility index (Phi) is 7.21. The summed E-state index contributed by atoms with van der Waals surface area (Å²) in [6.45, 7) is 9.02. The van der Waals surface area contributed by atoms with E-state index in [1.807, 2.05) is 0 Å². The minimum Gasteiger partial charge on any atom is -0.458 e. The standard InChI is InChI=1S/C34H37FN4O8/c1-6-34(44)20-11-24-28-18(13-39(24)30(41)19(20)15-46-31(34)42)27-22(8-7-17-16(2)21(35)12-23(36-28)26(17)27)37-29(40)25-14-38(9-10-45-25)32(43)47-33(3,4)5/h11-12,22,25,44H,6-10,13-15H2,1-5H3,(H,37,40)/t22-,25-,34?/m1/s1. The zero-order valence-corrected chi connectivity index (χ0v) is 27.0. The van der Waals surface area contributed by atoms with Crippen molar-refractivity contribution in [1.82, 2.24) is 19.8 Å². The first kappa shape index (κ1) is 31.3. The van der Waals surface area contributed by atoms with Crippen LogP contribution < -0.4 is 10.9 Å². The van der Waals surface area contributed by atoms with Crippen LogP contribution in [0.4, 0.5) is 9.18 Å². The molecule has 0 bridgehead atoms. The number of carbonyl (C=O) groups is 3. The summed E-state index contributed by atoms with van der Waals surface area (Å²) in [5.41, 5.74) is 1.20. The predicted molar refractivity (Wildman–Crippen MR) is 166 cm³/mol. The van der Waals surface area contributed by atoms with Gasteiger partial charge in [-0.1, -0.05) is 6.92 Å². The van der Waals surface area contributed by atoms with E-state index < -0.39 is 52.7 Å². The average Bonchev–Trinajstić information content (AvgIpc) is 3.40. The molecule has 5 heterocycles. The number of benzene rings is 1. The molecule has 3 atom stereocenters. The predicted octanol–water partition coefficient (Wildman–Crippen LogP) is 3.27. The molecular weight excluding hydrogens is 611 g/mol. The summed E-state index contributed by atoms with van der Waals surface area (Å²) >= 11 is 0. The van der Waals surface area contributed by atoms with Crippen LogP contribution in [0.5, 0.6) is 0 Å². The minimum atomic E-state index is -1.99. The minimum absolute atomic E-state index is 0.00152. The number of aryl methyl sites for hydroxylation is 1. The van der Waals surface area contributed by atoms with Crippen LogP contribution in [0.1, 0.15) is 80.0 Å². The van der Waals surface area contributed by atoms with Crippen LogP contribution >= 0.6 is 0 Å². The highest BCUT2D eigenvalue weighted by molar-refractivity contribution is 5.94. The second-order valence-corrected chi connectivity index (χ2v) is 13.7. The number of ether oxygens (including phenoxy) is 3. The number of pyridine rings is 2. The van der Waals surface area contributed by atoms with Gasteiger partial charge in [0.1, 0.15) is 18.0 Å². The molecule has 1 unspecified atom stereocenters. The van der Waals surface area contributed by atoms with Crippen LogP contribution in [0.15, 0.2) is 16.9 Å². The summed E-state index contributed by atoms with van der Waals surface area (Å²) in [5.74, 6) is -1.64. The highest BCUT2D eigenvalue weighted by Crippen LogP contribution is 2.46. The van der Waals surface area contributed by atoms with E-state index in [2.05, 4.69) is 5.32 Å². The van der Waals surface area contributed by atoms with Gasteiger partial charge < -0.3 is 34.1 Å². The number of halogens is 1. The summed E-state index contributed by atoms with van der Waals surface area (Å²) in [4.78, 5) is 59.3. The van der Waals surface area contributed by atoms with Crippen LogP contribution in [0.2, 0.25) is 0 Å². The second-order valence-electron chi connectivity index (χ2n) is 13.7. The maximum absolute atomic E-state index is 15.2. The van der Waals surface area contributed by atoms with Crippen molar-refractivity contribution < 1.29 is 38.1 Å². The molecule has 3 aliphatic heterocycles. The molecule has 248 valence electrons. The monoisotopic (exact) mass is 648 g/mol. The molecule has 0 radical (unpaired) electrons. The molecule has 7 rings (SSSR count). The summed E-state index contributed by atoms with van der Waals surface area (Å²) in [7, 11) is 0. The Morgan fingerprint density at radius 2 is 1.98 bits per heavy atom. The summed E-state index contributed by atoms with van der Waals surface area (Å²) in [6, 6.07) is 2.45. The molecule has 0 saturated carbocycles. The molecule has 12 nitrogen and oxygen atoms in total. The Bertz CT molecular complexity index is 1950. The van der Waals surface area contributed by atoms with Crippen LogP contribution in [0, 0.1) is 12.7 Å². The summed E-state index contributed by atoms with van der Waals surface area (Å²) < 4.78 is 33.2. The Hall–Kier alpha value is -4.36. The molecule has 1 aromatic carbocycles. The molecule has 13 heteroatoms. The van der Waals surface area contributed by atoms with Crippen molar-refractivity contribution in [3.05, 3.63) is 61.7 Å². The van der Waals surface area contributed by atoms with Gasteiger partial charge >= 0.3 is 12.1 Å². The van der Waals surface area contributed by atoms with Crippen LogP contribution in [0.3, 0.4) is 0 Å². The molecule has 1 saturated heterocycles. The smallest absolute Gasteiger partial charge is 0.410 e. The number of cyclic esters (lactones) is 1. The van der Waals surface area contributed by atoms with Gasteiger partial charge in [-0.05, 0) is 69.7 Å². The summed E-state index contributed by atoms with van der Waals surface area (Å²) in [6.07, 6.45) is -0.519. The van der Waals surface area contributed by atoms with E-state index in [1.54, 1.807) is 40.7 Å². The number of hydrogen-bond acceptors (Lipinski definition) is 9. The van der Waals surface area contributed by atoms with Crippen molar-refractivity contribution in [2.75, 3.05) is 19.7 Å². The van der Waals surface area contributed by atoms with Gasteiger partial charge in [0.25, 0.3) is 11.5 Å². The first-order chi connectivity index (χ1) is 22.2. The molecule has 2 N–H and O–H groups in total. The Morgan fingerprint density at radius 3 is 2.70 bits per heavy atom. The largest absolute Gasteiger partial charge is 0.458 e. The van der Waals surface area contributed by atoms with Gasteiger partial charge in [0.15, 0.2) is 11.7 Å². The average molecular weight is 649 g/mol. The number of amides is 2. The third-order valence-corrected chi connectivity index (χ3v) is 9.71. The van der Waals surface area contributed by atoms with Gasteiger partial charge in [0, 0.05) is 29.1 Å². The number of esters is 1. The van der Waals surface area contributed by atoms with Gasteiger partial charge in [0.2, 0.25) is 0 Å². The lowest BCUT2D eigenvalue weighted by atomic mass is 9.81. The summed E-state index contributed by atoms with van der Waals surface area (Å²) in [5, 5.41) is 15.1. The molecule has 2 aromatic heterocycles. The highest BCUT2D eigenvalue weighted by atomic mass is 19.1. The van der Waals surface area contributed by atoms with Gasteiger partial charge in [0.05, 0.1) is 48.2 Å². The number of nitrogens with one attached hydrogen (secondary N) is 1. The topological polar surface area (TPSA) is 149 Å². The fourth-order valence-electron chi connectivity index (χ4n) is 7.26. The molecule has 2 amide bonds. The lowest BCUT2D eigenvalue weighted by Gasteiger charge is -2.35. The maximum Gasteiger partial charge on any atom is 0.410 e. The quantitative estimate of drug-likeness (QED) is 0.319. The lowest BCUT2D eigenvalue weighted by Crippen LogP contribution is -2.53. The first-order valence-electron chi connectivity index (χ1n) is 15.9. The maximum atomic E-state index is 15.2. The Balaban J connectivity index is 1.30. The van der Waals surface area contributed by atoms with Crippen molar-refractivity contribution in [1.29, 1.82) is 0 Å². The molecule has 1 aliphatic carbocycles. The van der Waals surface area contributed by atoms with Crippen molar-refractivity contribution in [2.45, 2.75) is 90.4 Å². The lowest BCUT2D eigenvalue weighted by molar-refractivity contribution is -0.172. The van der Waals surface area contributed by atoms with Crippen molar-refractivity contribution in [3.8, 4) is 11.4 Å². The third kappa shape index (κ3) is 4.89. The number of nitrogens with zero attached hydrogens (tertiary/aromatic N) is 3. The molecule has 0 spiro atoms. The number of carbonyl (C=O) groups excluding carboxylic acids is 3. The molecule has 3 aromatic rings. The van der Waals surface area contributed by atoms with E-state index in [4.69, 9.17) is 19.2 Å². The van der Waals surface area contributed by atoms with Gasteiger partial charge in [-0.15, -0.1) is 0 Å². The fourth-order valence-corrected chi connectivity index (χ4v) is 7.26. The van der Waals surface area contributed by atoms with Crippen molar-refractivity contribution >= 4 is 28.9 Å². The van der Waals surface area contributed by atoms with Crippen LogP contribution in [-0.4, -0.2) is 68.9 Å². The van der Waals surface area contributed by atoms with Crippen molar-refractivity contribution in [3.63, 3.8) is 0 Å². The number of fused-ring (bicyclic) bond motifs is 5. The SMILES string of the molecule is CCC1(O)C(=O)OCc2c1cc1n(c2=O)Cc2c-1nc1cc(F)c(C)c3c1c2[C@H](NC(=O)[C@H]1CN(C(=O)OC(C)(C)C)CCO1)CC3. The van der Waals surface area contributed by atoms with E-state index >= 15 is 4.39 Å². The van der Waals surface area contributed by atoms with Gasteiger partial charge in [-0.3, -0.25) is 9.59 Å². The van der Waals surface area contributed by atoms with E-state index in [9.17, 15) is 24.3 Å². The zero-order chi connectivity index (χ0) is 33.6. The molecule has 4 aliphatic rings. The molecular formula is C34H37FN4O8. The van der Waals surface area contributed by atoms with E-state index in [0.717, 1.165) is 16.5 Å². The van der Waals surface area contributed by atoms with Gasteiger partial charge in [-0.2, -0.15) is 0 Å². The Morgan fingerprint density at radius 1 is 1.21 bits per heavy atom. The van der Waals surface area contributed by atoms with Gasteiger partial charge in [-0.25, -0.2) is 19.0 Å². The molecule has 47 heavy (non-hydrogen) atoms. The highest BCUT2D eigenvalue weighted by Gasteiger charge is 2.46. The number of aliphatic hydroxyl groups is 1. The van der Waals surface area contributed by atoms with Crippen molar-refractivity contribution in [2.24, 2.45) is 0 Å². The number of morpholine rings is 1. The second kappa shape index (κ2) is 10.8. The van der Waals surface area contributed by atoms with E-state index in [1.165, 1.54) is 15.5 Å². The number of hydrogen-bond donors (Lipinski definition) is 2. The number of rotatable bonds is 3. The zero-order valence-electron chi connectivity index (χ0n) is 27.0. The fraction of sp³-hybridized carbons (Fsp3) is 0.500. The third-order valence-electron chi connectivity index (χ3n) is 9.71. The first-order valence-corrected chi connectivity index (χ1v) is 15.9.